The maximum atomic E-state index is 13.5. The van der Waals surface area contributed by atoms with Crippen molar-refractivity contribution in [2.24, 2.45) is 0 Å². The lowest BCUT2D eigenvalue weighted by atomic mass is 9.93. The molecule has 0 atom stereocenters. The first kappa shape index (κ1) is 25.0. The van der Waals surface area contributed by atoms with E-state index in [0.717, 1.165) is 36.7 Å². The summed E-state index contributed by atoms with van der Waals surface area (Å²) in [5, 5.41) is 3.99. The van der Waals surface area contributed by atoms with Crippen molar-refractivity contribution >= 4 is 11.0 Å². The maximum Gasteiger partial charge on any atom is 0.331 e. The van der Waals surface area contributed by atoms with Crippen LogP contribution in [0.15, 0.2) is 59.7 Å². The summed E-state index contributed by atoms with van der Waals surface area (Å²) < 4.78 is 8.97. The molecule has 0 bridgehead atoms. The lowest BCUT2D eigenvalue weighted by Crippen LogP contribution is -2.47. The molecule has 12 heteroatoms. The minimum atomic E-state index is -0.650. The van der Waals surface area contributed by atoms with Crippen LogP contribution in [0.25, 0.3) is 22.6 Å². The third-order valence-electron chi connectivity index (χ3n) is 7.50. The number of hydrogen-bond acceptors (Lipinski definition) is 8. The summed E-state index contributed by atoms with van der Waals surface area (Å²) in [6.07, 6.45) is 10.2. The summed E-state index contributed by atoms with van der Waals surface area (Å²) in [7, 11) is 0. The second kappa shape index (κ2) is 10.4. The Morgan fingerprint density at radius 3 is 2.51 bits per heavy atom. The highest BCUT2D eigenvalue weighted by atomic mass is 16.5. The Bertz CT molecular complexity index is 1790. The van der Waals surface area contributed by atoms with Crippen LogP contribution in [0.5, 0.6) is 0 Å². The minimum Gasteiger partial charge on any atom is -0.332 e. The number of aromatic nitrogens is 7. The highest BCUT2D eigenvalue weighted by molar-refractivity contribution is 5.72. The van der Waals surface area contributed by atoms with Crippen LogP contribution in [0.1, 0.15) is 63.2 Å². The third-order valence-corrected chi connectivity index (χ3v) is 7.50. The van der Waals surface area contributed by atoms with Gasteiger partial charge in [-0.2, -0.15) is 4.98 Å². The molecule has 1 N–H and O–H groups in total. The van der Waals surface area contributed by atoms with Crippen molar-refractivity contribution in [1.82, 2.24) is 33.8 Å². The molecule has 0 saturated heterocycles. The molecule has 2 aliphatic carbocycles. The average Bonchev–Trinajstić information content (AvgIpc) is 3.62. The molecule has 0 radical (unpaired) electrons. The van der Waals surface area contributed by atoms with Crippen molar-refractivity contribution in [1.29, 1.82) is 0 Å². The zero-order valence-corrected chi connectivity index (χ0v) is 21.5. The number of aryl methyl sites for hydroxylation is 2. The summed E-state index contributed by atoms with van der Waals surface area (Å²) >= 11 is 0. The summed E-state index contributed by atoms with van der Waals surface area (Å²) in [4.78, 5) is 64.4. The molecule has 0 aromatic carbocycles. The first-order valence-corrected chi connectivity index (χ1v) is 13.5. The van der Waals surface area contributed by atoms with Crippen molar-refractivity contribution < 1.29 is 4.52 Å². The molecule has 202 valence electrons. The fourth-order valence-electron chi connectivity index (χ4n) is 5.03. The van der Waals surface area contributed by atoms with Gasteiger partial charge >= 0.3 is 11.4 Å². The molecule has 1 fully saturated rings. The molecule has 12 nitrogen and oxygen atoms in total. The van der Waals surface area contributed by atoms with Gasteiger partial charge in [0.25, 0.3) is 17.0 Å². The Balaban J connectivity index is 1.26. The standard InChI is InChI=1S/C27H29N7O5/c35-24-21-22(25(36)34(26(37)30-21)18-8-5-9-18)32(16-6-7-17-12-13-17)27(38)33(24)15-4-2-11-20-29-23(39-31-20)19-10-1-3-14-28-19/h1,3,10,12,14,18H,2,4-9,11,13,15-16H2,(H,30,37). The van der Waals surface area contributed by atoms with E-state index >= 15 is 0 Å². The molecule has 1 saturated carbocycles. The first-order valence-electron chi connectivity index (χ1n) is 13.5. The normalized spacial score (nSPS) is 14.9. The molecule has 6 rings (SSSR count). The Morgan fingerprint density at radius 1 is 0.974 bits per heavy atom. The number of nitrogens with one attached hydrogen (secondary N) is 1. The zero-order valence-electron chi connectivity index (χ0n) is 21.5. The van der Waals surface area contributed by atoms with Gasteiger partial charge in [0.15, 0.2) is 5.82 Å². The number of H-pyrrole nitrogens is 1. The van der Waals surface area contributed by atoms with Gasteiger partial charge < -0.3 is 9.51 Å². The Morgan fingerprint density at radius 2 is 1.79 bits per heavy atom. The quantitative estimate of drug-likeness (QED) is 0.229. The van der Waals surface area contributed by atoms with E-state index in [9.17, 15) is 19.2 Å². The van der Waals surface area contributed by atoms with E-state index < -0.39 is 22.5 Å². The van der Waals surface area contributed by atoms with E-state index in [4.69, 9.17) is 4.52 Å². The Hall–Kier alpha value is -4.35. The Kier molecular flexibility index (Phi) is 6.67. The number of hydrogen-bond donors (Lipinski definition) is 1. The molecule has 4 heterocycles. The van der Waals surface area contributed by atoms with E-state index in [1.54, 1.807) is 18.3 Å². The highest BCUT2D eigenvalue weighted by Crippen LogP contribution is 2.29. The fraction of sp³-hybridized carbons (Fsp3) is 0.444. The van der Waals surface area contributed by atoms with Gasteiger partial charge in [-0.1, -0.05) is 22.9 Å². The molecule has 0 spiro atoms. The smallest absolute Gasteiger partial charge is 0.331 e. The van der Waals surface area contributed by atoms with Gasteiger partial charge in [0, 0.05) is 31.7 Å². The molecular weight excluding hydrogens is 502 g/mol. The van der Waals surface area contributed by atoms with Crippen molar-refractivity contribution in [2.75, 3.05) is 0 Å². The van der Waals surface area contributed by atoms with Crippen LogP contribution in [-0.4, -0.2) is 33.8 Å². The van der Waals surface area contributed by atoms with Crippen molar-refractivity contribution in [2.45, 2.75) is 76.9 Å². The van der Waals surface area contributed by atoms with Crippen LogP contribution in [0.2, 0.25) is 0 Å². The zero-order chi connectivity index (χ0) is 26.9. The number of fused-ring (bicyclic) bond motifs is 1. The van der Waals surface area contributed by atoms with Crippen molar-refractivity contribution in [3.05, 3.63) is 83.5 Å². The van der Waals surface area contributed by atoms with Gasteiger partial charge in [0.05, 0.1) is 0 Å². The summed E-state index contributed by atoms with van der Waals surface area (Å²) in [6, 6.07) is 5.21. The van der Waals surface area contributed by atoms with Crippen LogP contribution in [0.3, 0.4) is 0 Å². The molecule has 2 aliphatic rings. The van der Waals surface area contributed by atoms with Gasteiger partial charge in [-0.05, 0) is 63.5 Å². The van der Waals surface area contributed by atoms with E-state index in [1.165, 1.54) is 14.7 Å². The maximum absolute atomic E-state index is 13.5. The number of unbranched alkanes of at least 4 members (excludes halogenated alkanes) is 1. The van der Waals surface area contributed by atoms with E-state index in [1.807, 2.05) is 6.07 Å². The summed E-state index contributed by atoms with van der Waals surface area (Å²) in [5.74, 6) is 0.840. The lowest BCUT2D eigenvalue weighted by Gasteiger charge is -2.27. The number of aromatic amines is 1. The highest BCUT2D eigenvalue weighted by Gasteiger charge is 2.26. The second-order valence-electron chi connectivity index (χ2n) is 10.2. The number of nitrogens with zero attached hydrogens (tertiary/aromatic N) is 6. The number of pyridine rings is 1. The van der Waals surface area contributed by atoms with Gasteiger partial charge in [-0.25, -0.2) is 9.59 Å². The summed E-state index contributed by atoms with van der Waals surface area (Å²) in [6.45, 7) is 0.426. The molecule has 4 aromatic heterocycles. The van der Waals surface area contributed by atoms with E-state index in [-0.39, 0.29) is 30.2 Å². The molecule has 0 unspecified atom stereocenters. The summed E-state index contributed by atoms with van der Waals surface area (Å²) in [5.41, 5.74) is -0.546. The predicted molar refractivity (Wildman–Crippen MR) is 143 cm³/mol. The van der Waals surface area contributed by atoms with Crippen LogP contribution in [0.4, 0.5) is 0 Å². The van der Waals surface area contributed by atoms with Crippen molar-refractivity contribution in [3.8, 4) is 11.6 Å². The van der Waals surface area contributed by atoms with Gasteiger partial charge in [-0.15, -0.1) is 0 Å². The average molecular weight is 532 g/mol. The monoisotopic (exact) mass is 531 g/mol. The van der Waals surface area contributed by atoms with E-state index in [2.05, 4.69) is 26.2 Å². The molecule has 0 aliphatic heterocycles. The molecule has 39 heavy (non-hydrogen) atoms. The SMILES string of the molecule is O=c1c2[nH]c(=O)n(C3CCC3)c(=O)c2n(CCCC2=CC2)c(=O)n1CCCCc1noc(-c2ccccn2)n1. The van der Waals surface area contributed by atoms with Crippen molar-refractivity contribution in [3.63, 3.8) is 0 Å². The predicted octanol–water partition coefficient (Wildman–Crippen LogP) is 2.32. The molecular formula is C27H29N7O5. The van der Waals surface area contributed by atoms with Gasteiger partial charge in [0.2, 0.25) is 0 Å². The first-order chi connectivity index (χ1) is 19.0. The fourth-order valence-corrected chi connectivity index (χ4v) is 5.03. The van der Waals surface area contributed by atoms with Gasteiger partial charge in [0.1, 0.15) is 16.7 Å². The topological polar surface area (TPSA) is 151 Å². The third kappa shape index (κ3) is 4.93. The van der Waals surface area contributed by atoms with Gasteiger partial charge in [-0.3, -0.25) is 28.3 Å². The van der Waals surface area contributed by atoms with E-state index in [0.29, 0.717) is 43.1 Å². The largest absolute Gasteiger partial charge is 0.332 e. The van der Waals surface area contributed by atoms with Crippen LogP contribution in [-0.2, 0) is 19.5 Å². The number of rotatable bonds is 11. The molecule has 4 aromatic rings. The number of allylic oxidation sites excluding steroid dienone is 2. The van der Waals surface area contributed by atoms with Crippen LogP contribution >= 0.6 is 0 Å². The van der Waals surface area contributed by atoms with Crippen LogP contribution < -0.4 is 22.5 Å². The lowest BCUT2D eigenvalue weighted by molar-refractivity contribution is 0.297. The van der Waals surface area contributed by atoms with Crippen LogP contribution in [0, 0.1) is 0 Å². The Labute approximate surface area is 221 Å². The molecule has 0 amide bonds. The minimum absolute atomic E-state index is 0.00799. The second-order valence-corrected chi connectivity index (χ2v) is 10.2.